The number of nitrogens with zero attached hydrogens (tertiary/aromatic N) is 2. The fraction of sp³-hybridized carbons (Fsp3) is 0.538. The molecular weight excluding hydrogens is 216 g/mol. The fourth-order valence-electron chi connectivity index (χ4n) is 2.02. The lowest BCUT2D eigenvalue weighted by Gasteiger charge is -2.30. The average molecular weight is 234 g/mol. The summed E-state index contributed by atoms with van der Waals surface area (Å²) in [7, 11) is 1.57. The van der Waals surface area contributed by atoms with Crippen molar-refractivity contribution < 1.29 is 9.53 Å². The first-order valence-corrected chi connectivity index (χ1v) is 6.00. The van der Waals surface area contributed by atoms with E-state index >= 15 is 0 Å². The van der Waals surface area contributed by atoms with Gasteiger partial charge >= 0.3 is 0 Å². The Hall–Kier alpha value is -1.58. The summed E-state index contributed by atoms with van der Waals surface area (Å²) in [4.78, 5) is 18.1. The number of likely N-dealkylation sites (tertiary alicyclic amines) is 1. The Morgan fingerprint density at radius 3 is 2.65 bits per heavy atom. The van der Waals surface area contributed by atoms with Crippen LogP contribution in [0.25, 0.3) is 0 Å². The van der Waals surface area contributed by atoms with Crippen LogP contribution in [0.3, 0.4) is 0 Å². The van der Waals surface area contributed by atoms with E-state index < -0.39 is 0 Å². The summed E-state index contributed by atoms with van der Waals surface area (Å²) in [6.45, 7) is 3.94. The number of hydrogen-bond acceptors (Lipinski definition) is 3. The van der Waals surface area contributed by atoms with Gasteiger partial charge in [0.1, 0.15) is 0 Å². The summed E-state index contributed by atoms with van der Waals surface area (Å²) in [5, 5.41) is 0. The average Bonchev–Trinajstić information content (AvgIpc) is 2.39. The van der Waals surface area contributed by atoms with Gasteiger partial charge in [-0.1, -0.05) is 6.92 Å². The van der Waals surface area contributed by atoms with Crippen LogP contribution in [-0.4, -0.2) is 36.0 Å². The van der Waals surface area contributed by atoms with Crippen LogP contribution < -0.4 is 4.74 Å². The Labute approximate surface area is 102 Å². The van der Waals surface area contributed by atoms with Gasteiger partial charge in [-0.15, -0.1) is 0 Å². The fourth-order valence-corrected chi connectivity index (χ4v) is 2.02. The molecule has 4 nitrogen and oxygen atoms in total. The number of carbonyl (C=O) groups excluding carboxylic acids is 1. The lowest BCUT2D eigenvalue weighted by atomic mass is 9.99. The second-order valence-corrected chi connectivity index (χ2v) is 4.56. The molecule has 2 rings (SSSR count). The minimum atomic E-state index is 0.0760. The standard InChI is InChI=1S/C13H18N2O2/c1-10-5-7-15(8-6-10)13(16)11-3-4-12(17-2)14-9-11/h3-4,9-10H,5-8H2,1-2H3. The maximum Gasteiger partial charge on any atom is 0.255 e. The summed E-state index contributed by atoms with van der Waals surface area (Å²) in [6.07, 6.45) is 3.77. The molecule has 92 valence electrons. The Morgan fingerprint density at radius 2 is 2.12 bits per heavy atom. The first kappa shape index (κ1) is 11.9. The van der Waals surface area contributed by atoms with Crippen LogP contribution in [0.2, 0.25) is 0 Å². The largest absolute Gasteiger partial charge is 0.481 e. The number of ether oxygens (including phenoxy) is 1. The van der Waals surface area contributed by atoms with Gasteiger partial charge in [0.05, 0.1) is 12.7 Å². The van der Waals surface area contributed by atoms with Crippen molar-refractivity contribution in [3.8, 4) is 5.88 Å². The van der Waals surface area contributed by atoms with E-state index in [1.807, 2.05) is 4.90 Å². The Kier molecular flexibility index (Phi) is 3.61. The Balaban J connectivity index is 2.03. The molecule has 1 saturated heterocycles. The number of aromatic nitrogens is 1. The molecule has 17 heavy (non-hydrogen) atoms. The zero-order chi connectivity index (χ0) is 12.3. The molecule has 1 aromatic heterocycles. The van der Waals surface area contributed by atoms with Gasteiger partial charge in [0.25, 0.3) is 5.91 Å². The highest BCUT2D eigenvalue weighted by Gasteiger charge is 2.21. The van der Waals surface area contributed by atoms with E-state index in [2.05, 4.69) is 11.9 Å². The molecule has 0 atom stereocenters. The summed E-state index contributed by atoms with van der Waals surface area (Å²) in [5.41, 5.74) is 0.639. The van der Waals surface area contributed by atoms with Gasteiger partial charge in [0, 0.05) is 25.4 Å². The Morgan fingerprint density at radius 1 is 1.41 bits per heavy atom. The lowest BCUT2D eigenvalue weighted by molar-refractivity contribution is 0.0696. The number of amides is 1. The van der Waals surface area contributed by atoms with E-state index in [1.165, 1.54) is 0 Å². The summed E-state index contributed by atoms with van der Waals surface area (Å²) >= 11 is 0. The highest BCUT2D eigenvalue weighted by molar-refractivity contribution is 5.94. The molecule has 4 heteroatoms. The number of hydrogen-bond donors (Lipinski definition) is 0. The molecule has 0 bridgehead atoms. The summed E-state index contributed by atoms with van der Waals surface area (Å²) in [6, 6.07) is 3.49. The van der Waals surface area contributed by atoms with Crippen molar-refractivity contribution in [1.29, 1.82) is 0 Å². The predicted octanol–water partition coefficient (Wildman–Crippen LogP) is 1.96. The molecule has 1 aliphatic heterocycles. The molecular formula is C13H18N2O2. The van der Waals surface area contributed by atoms with E-state index in [9.17, 15) is 4.79 Å². The quantitative estimate of drug-likeness (QED) is 0.785. The molecule has 0 radical (unpaired) electrons. The topological polar surface area (TPSA) is 42.4 Å². The Bertz CT molecular complexity index is 381. The number of carbonyl (C=O) groups is 1. The molecule has 1 fully saturated rings. The lowest BCUT2D eigenvalue weighted by Crippen LogP contribution is -2.37. The summed E-state index contributed by atoms with van der Waals surface area (Å²) in [5.74, 6) is 1.34. The van der Waals surface area contributed by atoms with Gasteiger partial charge in [0.2, 0.25) is 5.88 Å². The van der Waals surface area contributed by atoms with Gasteiger partial charge < -0.3 is 9.64 Å². The molecule has 0 unspecified atom stereocenters. The van der Waals surface area contributed by atoms with Crippen LogP contribution in [0.4, 0.5) is 0 Å². The van der Waals surface area contributed by atoms with Crippen LogP contribution in [-0.2, 0) is 0 Å². The molecule has 0 aromatic carbocycles. The van der Waals surface area contributed by atoms with Crippen LogP contribution in [0, 0.1) is 5.92 Å². The number of pyridine rings is 1. The molecule has 0 saturated carbocycles. The zero-order valence-electron chi connectivity index (χ0n) is 10.3. The molecule has 0 N–H and O–H groups in total. The first-order chi connectivity index (χ1) is 8.20. The van der Waals surface area contributed by atoms with Gasteiger partial charge in [-0.25, -0.2) is 4.98 Å². The number of piperidine rings is 1. The molecule has 2 heterocycles. The highest BCUT2D eigenvalue weighted by atomic mass is 16.5. The predicted molar refractivity (Wildman–Crippen MR) is 65.1 cm³/mol. The maximum absolute atomic E-state index is 12.2. The summed E-state index contributed by atoms with van der Waals surface area (Å²) < 4.78 is 4.97. The van der Waals surface area contributed by atoms with Crippen LogP contribution in [0.1, 0.15) is 30.1 Å². The van der Waals surface area contributed by atoms with Crippen molar-refractivity contribution in [2.75, 3.05) is 20.2 Å². The van der Waals surface area contributed by atoms with Crippen molar-refractivity contribution in [1.82, 2.24) is 9.88 Å². The van der Waals surface area contributed by atoms with Crippen LogP contribution >= 0.6 is 0 Å². The van der Waals surface area contributed by atoms with Gasteiger partial charge in [-0.2, -0.15) is 0 Å². The third-order valence-corrected chi connectivity index (χ3v) is 3.26. The van der Waals surface area contributed by atoms with Gasteiger partial charge in [-0.3, -0.25) is 4.79 Å². The third kappa shape index (κ3) is 2.75. The first-order valence-electron chi connectivity index (χ1n) is 6.00. The van der Waals surface area contributed by atoms with E-state index in [-0.39, 0.29) is 5.91 Å². The van der Waals surface area contributed by atoms with Crippen LogP contribution in [0.15, 0.2) is 18.3 Å². The van der Waals surface area contributed by atoms with Crippen molar-refractivity contribution in [2.24, 2.45) is 5.92 Å². The second-order valence-electron chi connectivity index (χ2n) is 4.56. The van der Waals surface area contributed by atoms with Crippen molar-refractivity contribution >= 4 is 5.91 Å². The number of methoxy groups -OCH3 is 1. The van der Waals surface area contributed by atoms with Crippen molar-refractivity contribution in [3.05, 3.63) is 23.9 Å². The van der Waals surface area contributed by atoms with E-state index in [0.29, 0.717) is 11.4 Å². The molecule has 0 spiro atoms. The molecule has 1 aliphatic rings. The monoisotopic (exact) mass is 234 g/mol. The molecule has 1 aromatic rings. The van der Waals surface area contributed by atoms with Crippen molar-refractivity contribution in [2.45, 2.75) is 19.8 Å². The van der Waals surface area contributed by atoms with Gasteiger partial charge in [0.15, 0.2) is 0 Å². The van der Waals surface area contributed by atoms with E-state index in [4.69, 9.17) is 4.74 Å². The van der Waals surface area contributed by atoms with Crippen LogP contribution in [0.5, 0.6) is 5.88 Å². The number of rotatable bonds is 2. The van der Waals surface area contributed by atoms with E-state index in [1.54, 1.807) is 25.4 Å². The smallest absolute Gasteiger partial charge is 0.255 e. The van der Waals surface area contributed by atoms with Gasteiger partial charge in [-0.05, 0) is 24.8 Å². The highest BCUT2D eigenvalue weighted by Crippen LogP contribution is 2.18. The third-order valence-electron chi connectivity index (χ3n) is 3.26. The minimum absolute atomic E-state index is 0.0760. The van der Waals surface area contributed by atoms with Crippen molar-refractivity contribution in [3.63, 3.8) is 0 Å². The molecule has 1 amide bonds. The van der Waals surface area contributed by atoms with E-state index in [0.717, 1.165) is 31.8 Å². The maximum atomic E-state index is 12.2. The zero-order valence-corrected chi connectivity index (χ0v) is 10.3. The normalized spacial score (nSPS) is 16.9. The minimum Gasteiger partial charge on any atom is -0.481 e. The second kappa shape index (κ2) is 5.17. The SMILES string of the molecule is COc1ccc(C(=O)N2CCC(C)CC2)cn1. The molecule has 0 aliphatic carbocycles.